The fraction of sp³-hybridized carbons (Fsp3) is 0.250. The Bertz CT molecular complexity index is 1040. The van der Waals surface area contributed by atoms with Crippen LogP contribution in [0.2, 0.25) is 0 Å². The van der Waals surface area contributed by atoms with Gasteiger partial charge in [0.05, 0.1) is 46.6 Å². The summed E-state index contributed by atoms with van der Waals surface area (Å²) in [5, 5.41) is 0.795. The summed E-state index contributed by atoms with van der Waals surface area (Å²) < 4.78 is 0. The summed E-state index contributed by atoms with van der Waals surface area (Å²) in [5.74, 6) is 0.0209. The van der Waals surface area contributed by atoms with E-state index in [4.69, 9.17) is 16.5 Å². The van der Waals surface area contributed by atoms with Gasteiger partial charge in [-0.25, -0.2) is 4.98 Å². The van der Waals surface area contributed by atoms with Crippen molar-refractivity contribution in [1.82, 2.24) is 14.9 Å². The molecule has 26 heavy (non-hydrogen) atoms. The summed E-state index contributed by atoms with van der Waals surface area (Å²) in [4.78, 5) is 24.1. The van der Waals surface area contributed by atoms with Gasteiger partial charge in [-0.15, -0.1) is 0 Å². The Morgan fingerprint density at radius 1 is 1.12 bits per heavy atom. The zero-order chi connectivity index (χ0) is 17.8. The second-order valence-corrected chi connectivity index (χ2v) is 7.04. The van der Waals surface area contributed by atoms with Crippen LogP contribution in [0.15, 0.2) is 36.5 Å². The molecule has 1 fully saturated rings. The number of fused-ring (bicyclic) bond motifs is 2. The molecule has 5 rings (SSSR count). The first kappa shape index (κ1) is 15.1. The molecule has 3 heterocycles. The number of carbonyl (C=O) groups is 1. The molecule has 6 nitrogen and oxygen atoms in total. The Morgan fingerprint density at radius 2 is 1.96 bits per heavy atom. The molecule has 130 valence electrons. The molecular formula is C20H19N5O. The van der Waals surface area contributed by atoms with Gasteiger partial charge in [0.15, 0.2) is 0 Å². The van der Waals surface area contributed by atoms with Gasteiger partial charge in [-0.3, -0.25) is 9.78 Å². The number of anilines is 2. The number of nitrogens with two attached hydrogens (primary N) is 2. The first-order valence-corrected chi connectivity index (χ1v) is 8.87. The molecule has 0 atom stereocenters. The van der Waals surface area contributed by atoms with E-state index < -0.39 is 0 Å². The Balaban J connectivity index is 1.69. The zero-order valence-corrected chi connectivity index (χ0v) is 14.3. The molecule has 0 saturated heterocycles. The molecule has 0 radical (unpaired) electrons. The van der Waals surface area contributed by atoms with Crippen LogP contribution in [0.5, 0.6) is 0 Å². The van der Waals surface area contributed by atoms with Crippen molar-refractivity contribution in [2.45, 2.75) is 31.8 Å². The van der Waals surface area contributed by atoms with Gasteiger partial charge in [0.2, 0.25) is 0 Å². The van der Waals surface area contributed by atoms with E-state index in [1.807, 2.05) is 35.2 Å². The van der Waals surface area contributed by atoms with E-state index in [0.717, 1.165) is 40.7 Å². The zero-order valence-electron chi connectivity index (χ0n) is 14.3. The standard InChI is InChI=1S/C20H19N5O/c21-11-7-8-15(23-9-11)13-5-2-6-14-18(22)17-16(24-19(13)14)10-25(20(17)26)12-3-1-4-12/h2,5-9,12H,1,3-4,10,21H2,(H2,22,24). The maximum Gasteiger partial charge on any atom is 0.258 e. The maximum atomic E-state index is 12.9. The number of nitrogens with zero attached hydrogens (tertiary/aromatic N) is 3. The van der Waals surface area contributed by atoms with Crippen LogP contribution in [-0.2, 0) is 6.54 Å². The van der Waals surface area contributed by atoms with Gasteiger partial charge < -0.3 is 16.4 Å². The summed E-state index contributed by atoms with van der Waals surface area (Å²) in [6, 6.07) is 9.83. The van der Waals surface area contributed by atoms with Crippen LogP contribution in [0.1, 0.15) is 35.3 Å². The summed E-state index contributed by atoms with van der Waals surface area (Å²) in [6.07, 6.45) is 4.95. The smallest absolute Gasteiger partial charge is 0.258 e. The second kappa shape index (κ2) is 5.42. The lowest BCUT2D eigenvalue weighted by molar-refractivity contribution is 0.0606. The Morgan fingerprint density at radius 3 is 2.65 bits per heavy atom. The molecule has 2 aromatic heterocycles. The van der Waals surface area contributed by atoms with Gasteiger partial charge in [0.1, 0.15) is 0 Å². The molecule has 4 N–H and O–H groups in total. The van der Waals surface area contributed by atoms with E-state index in [0.29, 0.717) is 29.5 Å². The van der Waals surface area contributed by atoms with Crippen LogP contribution in [-0.4, -0.2) is 26.8 Å². The SMILES string of the molecule is Nc1ccc(-c2cccc3c(N)c4c(nc23)CN(C2CCC2)C4=O)nc1. The molecule has 1 aliphatic heterocycles. The number of carbonyl (C=O) groups excluding carboxylic acids is 1. The van der Waals surface area contributed by atoms with Crippen molar-refractivity contribution in [1.29, 1.82) is 0 Å². The third-order valence-corrected chi connectivity index (χ3v) is 5.50. The largest absolute Gasteiger partial charge is 0.397 e. The Labute approximate surface area is 150 Å². The predicted octanol–water partition coefficient (Wildman–Crippen LogP) is 2.97. The molecule has 0 spiro atoms. The fourth-order valence-electron chi connectivity index (χ4n) is 3.86. The van der Waals surface area contributed by atoms with Crippen LogP contribution in [0.25, 0.3) is 22.2 Å². The van der Waals surface area contributed by atoms with Gasteiger partial charge in [0.25, 0.3) is 5.91 Å². The molecule has 1 aliphatic carbocycles. The van der Waals surface area contributed by atoms with E-state index >= 15 is 0 Å². The number of benzene rings is 1. The van der Waals surface area contributed by atoms with Crippen LogP contribution in [0.4, 0.5) is 11.4 Å². The monoisotopic (exact) mass is 345 g/mol. The minimum atomic E-state index is 0.0209. The van der Waals surface area contributed by atoms with Crippen molar-refractivity contribution in [2.75, 3.05) is 11.5 Å². The lowest BCUT2D eigenvalue weighted by Gasteiger charge is -2.34. The van der Waals surface area contributed by atoms with Crippen LogP contribution in [0.3, 0.4) is 0 Å². The minimum Gasteiger partial charge on any atom is -0.397 e. The van der Waals surface area contributed by atoms with E-state index in [2.05, 4.69) is 4.98 Å². The van der Waals surface area contributed by atoms with Gasteiger partial charge in [0, 0.05) is 17.0 Å². The Hall–Kier alpha value is -3.15. The van der Waals surface area contributed by atoms with E-state index in [9.17, 15) is 4.79 Å². The quantitative estimate of drug-likeness (QED) is 0.744. The minimum absolute atomic E-state index is 0.0209. The number of aromatic nitrogens is 2. The number of rotatable bonds is 2. The van der Waals surface area contributed by atoms with Gasteiger partial charge in [-0.05, 0) is 31.4 Å². The molecule has 1 saturated carbocycles. The fourth-order valence-corrected chi connectivity index (χ4v) is 3.86. The molecule has 1 amide bonds. The van der Waals surface area contributed by atoms with Crippen LogP contribution in [0, 0.1) is 0 Å². The normalized spacial score (nSPS) is 16.8. The lowest BCUT2D eigenvalue weighted by Crippen LogP contribution is -2.40. The van der Waals surface area contributed by atoms with Crippen molar-refractivity contribution < 1.29 is 4.79 Å². The van der Waals surface area contributed by atoms with E-state index in [-0.39, 0.29) is 5.91 Å². The van der Waals surface area contributed by atoms with Gasteiger partial charge in [-0.1, -0.05) is 18.2 Å². The van der Waals surface area contributed by atoms with Crippen molar-refractivity contribution in [2.24, 2.45) is 0 Å². The van der Waals surface area contributed by atoms with Crippen molar-refractivity contribution in [3.05, 3.63) is 47.8 Å². The van der Waals surface area contributed by atoms with Crippen LogP contribution >= 0.6 is 0 Å². The van der Waals surface area contributed by atoms with Gasteiger partial charge in [-0.2, -0.15) is 0 Å². The number of amides is 1. The molecule has 2 aliphatic rings. The summed E-state index contributed by atoms with van der Waals surface area (Å²) in [7, 11) is 0. The average molecular weight is 345 g/mol. The van der Waals surface area contributed by atoms with Crippen molar-refractivity contribution in [3.63, 3.8) is 0 Å². The number of hydrogen-bond donors (Lipinski definition) is 2. The lowest BCUT2D eigenvalue weighted by atomic mass is 9.92. The first-order chi connectivity index (χ1) is 12.6. The summed E-state index contributed by atoms with van der Waals surface area (Å²) >= 11 is 0. The Kier molecular flexibility index (Phi) is 3.16. The highest BCUT2D eigenvalue weighted by Gasteiger charge is 2.38. The highest BCUT2D eigenvalue weighted by Crippen LogP contribution is 2.38. The third kappa shape index (κ3) is 2.08. The maximum absolute atomic E-state index is 12.9. The molecule has 1 aromatic carbocycles. The summed E-state index contributed by atoms with van der Waals surface area (Å²) in [6.45, 7) is 0.544. The topological polar surface area (TPSA) is 98.1 Å². The highest BCUT2D eigenvalue weighted by atomic mass is 16.2. The third-order valence-electron chi connectivity index (χ3n) is 5.50. The second-order valence-electron chi connectivity index (χ2n) is 7.04. The van der Waals surface area contributed by atoms with Crippen molar-refractivity contribution >= 4 is 28.2 Å². The van der Waals surface area contributed by atoms with Crippen molar-refractivity contribution in [3.8, 4) is 11.3 Å². The number of pyridine rings is 2. The molecule has 6 heteroatoms. The molecule has 3 aromatic rings. The van der Waals surface area contributed by atoms with E-state index in [1.54, 1.807) is 6.20 Å². The average Bonchev–Trinajstić information content (AvgIpc) is 2.91. The summed E-state index contributed by atoms with van der Waals surface area (Å²) in [5.41, 5.74) is 17.1. The molecule has 0 unspecified atom stereocenters. The highest BCUT2D eigenvalue weighted by molar-refractivity contribution is 6.11. The van der Waals surface area contributed by atoms with Gasteiger partial charge >= 0.3 is 0 Å². The molecular weight excluding hydrogens is 326 g/mol. The first-order valence-electron chi connectivity index (χ1n) is 8.87. The number of para-hydroxylation sites is 1. The predicted molar refractivity (Wildman–Crippen MR) is 101 cm³/mol. The van der Waals surface area contributed by atoms with E-state index in [1.165, 1.54) is 6.42 Å². The van der Waals surface area contributed by atoms with Crippen LogP contribution < -0.4 is 11.5 Å². The molecule has 0 bridgehead atoms. The number of nitrogen functional groups attached to an aromatic ring is 2. The number of hydrogen-bond acceptors (Lipinski definition) is 5.